The van der Waals surface area contributed by atoms with Crippen molar-refractivity contribution in [1.82, 2.24) is 10.2 Å². The number of fused-ring (bicyclic) bond motifs is 1. The molecule has 3 aliphatic heterocycles. The van der Waals surface area contributed by atoms with E-state index in [1.54, 1.807) is 13.0 Å². The SMILES string of the molecule is Cc1cc(C(=O)NC[C@H]2[C@H]3CN(CCC(=O)O)C[C@]34CC[C@H]2O4)c(C)o1. The van der Waals surface area contributed by atoms with Gasteiger partial charge in [0.15, 0.2) is 0 Å². The highest BCUT2D eigenvalue weighted by atomic mass is 16.5. The summed E-state index contributed by atoms with van der Waals surface area (Å²) in [6.07, 6.45) is 2.42. The monoisotopic (exact) mass is 362 g/mol. The minimum Gasteiger partial charge on any atom is -0.481 e. The number of hydrogen-bond donors (Lipinski definition) is 2. The Morgan fingerprint density at radius 2 is 2.23 bits per heavy atom. The topological polar surface area (TPSA) is 92.0 Å². The Hall–Kier alpha value is -1.86. The van der Waals surface area contributed by atoms with E-state index in [-0.39, 0.29) is 30.0 Å². The molecule has 3 saturated heterocycles. The summed E-state index contributed by atoms with van der Waals surface area (Å²) in [7, 11) is 0. The van der Waals surface area contributed by atoms with E-state index in [1.807, 2.05) is 6.92 Å². The van der Waals surface area contributed by atoms with Gasteiger partial charge in [-0.2, -0.15) is 0 Å². The van der Waals surface area contributed by atoms with Gasteiger partial charge in [-0.25, -0.2) is 0 Å². The van der Waals surface area contributed by atoms with E-state index in [0.717, 1.165) is 31.7 Å². The Kier molecular flexibility index (Phi) is 4.31. The summed E-state index contributed by atoms with van der Waals surface area (Å²) < 4.78 is 11.8. The van der Waals surface area contributed by atoms with Crippen LogP contribution in [-0.4, -0.2) is 59.8 Å². The average molecular weight is 362 g/mol. The number of nitrogens with one attached hydrogen (secondary N) is 1. The molecule has 1 aromatic heterocycles. The number of carbonyl (C=O) groups is 2. The molecule has 0 aromatic carbocycles. The molecule has 4 heterocycles. The van der Waals surface area contributed by atoms with Crippen LogP contribution >= 0.6 is 0 Å². The van der Waals surface area contributed by atoms with E-state index >= 15 is 0 Å². The van der Waals surface area contributed by atoms with Crippen molar-refractivity contribution in [3.05, 3.63) is 23.2 Å². The van der Waals surface area contributed by atoms with Gasteiger partial charge in [-0.15, -0.1) is 0 Å². The Morgan fingerprint density at radius 1 is 1.42 bits per heavy atom. The van der Waals surface area contributed by atoms with Crippen molar-refractivity contribution in [1.29, 1.82) is 0 Å². The molecular formula is C19H26N2O5. The van der Waals surface area contributed by atoms with Gasteiger partial charge in [0, 0.05) is 38.0 Å². The average Bonchev–Trinajstić information content (AvgIpc) is 3.29. The number of carboxylic acids is 1. The summed E-state index contributed by atoms with van der Waals surface area (Å²) in [5.74, 6) is 1.16. The van der Waals surface area contributed by atoms with Gasteiger partial charge in [-0.1, -0.05) is 0 Å². The number of furan rings is 1. The summed E-state index contributed by atoms with van der Waals surface area (Å²) in [5, 5.41) is 12.0. The van der Waals surface area contributed by atoms with E-state index in [9.17, 15) is 9.59 Å². The van der Waals surface area contributed by atoms with Gasteiger partial charge in [0.25, 0.3) is 5.91 Å². The molecule has 4 rings (SSSR count). The molecule has 1 aromatic rings. The molecule has 142 valence electrons. The van der Waals surface area contributed by atoms with Gasteiger partial charge >= 0.3 is 5.97 Å². The van der Waals surface area contributed by atoms with Crippen molar-refractivity contribution < 1.29 is 23.8 Å². The third-order valence-electron chi connectivity index (χ3n) is 6.28. The number of likely N-dealkylation sites (tertiary alicyclic amines) is 1. The lowest BCUT2D eigenvalue weighted by Gasteiger charge is -2.29. The van der Waals surface area contributed by atoms with E-state index < -0.39 is 5.97 Å². The van der Waals surface area contributed by atoms with Gasteiger partial charge < -0.3 is 19.6 Å². The van der Waals surface area contributed by atoms with Gasteiger partial charge in [0.05, 0.1) is 23.7 Å². The molecule has 7 heteroatoms. The van der Waals surface area contributed by atoms with Crippen molar-refractivity contribution in [2.75, 3.05) is 26.2 Å². The van der Waals surface area contributed by atoms with Gasteiger partial charge in [-0.3, -0.25) is 14.5 Å². The standard InChI is InChI=1S/C19H26N2O5/c1-11-7-13(12(2)25-11)18(24)20-8-14-15-9-21(6-4-17(22)23)10-19(15)5-3-16(14)26-19/h7,14-16H,3-6,8-10H2,1-2H3,(H,20,24)(H,22,23)/t14-,15+,16+,19+/m0/s1. The predicted molar refractivity (Wildman–Crippen MR) is 93.0 cm³/mol. The second kappa shape index (κ2) is 6.39. The van der Waals surface area contributed by atoms with Crippen LogP contribution in [0.2, 0.25) is 0 Å². The fourth-order valence-electron chi connectivity index (χ4n) is 5.15. The van der Waals surface area contributed by atoms with Crippen LogP contribution < -0.4 is 5.32 Å². The van der Waals surface area contributed by atoms with Crippen LogP contribution in [0.25, 0.3) is 0 Å². The van der Waals surface area contributed by atoms with Crippen LogP contribution in [0.5, 0.6) is 0 Å². The highest BCUT2D eigenvalue weighted by Gasteiger charge is 2.62. The first kappa shape index (κ1) is 17.5. The molecular weight excluding hydrogens is 336 g/mol. The van der Waals surface area contributed by atoms with Crippen LogP contribution in [0.15, 0.2) is 10.5 Å². The van der Waals surface area contributed by atoms with Crippen LogP contribution in [0.1, 0.15) is 41.1 Å². The van der Waals surface area contributed by atoms with Crippen LogP contribution in [0.4, 0.5) is 0 Å². The Balaban J connectivity index is 1.39. The molecule has 4 atom stereocenters. The molecule has 0 radical (unpaired) electrons. The molecule has 2 N–H and O–H groups in total. The summed E-state index contributed by atoms with van der Waals surface area (Å²) in [6.45, 7) is 6.46. The summed E-state index contributed by atoms with van der Waals surface area (Å²) in [4.78, 5) is 25.5. The van der Waals surface area contributed by atoms with Crippen molar-refractivity contribution in [3.63, 3.8) is 0 Å². The third kappa shape index (κ3) is 2.93. The number of amides is 1. The second-order valence-corrected chi connectivity index (χ2v) is 7.95. The molecule has 3 aliphatic rings. The lowest BCUT2D eigenvalue weighted by Crippen LogP contribution is -2.41. The van der Waals surface area contributed by atoms with E-state index in [0.29, 0.717) is 30.3 Å². The first-order chi connectivity index (χ1) is 12.4. The minimum atomic E-state index is -0.764. The number of carbonyl (C=O) groups excluding carboxylic acids is 1. The molecule has 1 amide bonds. The fraction of sp³-hybridized carbons (Fsp3) is 0.684. The number of hydrogen-bond acceptors (Lipinski definition) is 5. The van der Waals surface area contributed by atoms with Gasteiger partial charge in [0.1, 0.15) is 11.5 Å². The summed E-state index contributed by atoms with van der Waals surface area (Å²) in [5.41, 5.74) is 0.455. The Morgan fingerprint density at radius 3 is 2.92 bits per heavy atom. The van der Waals surface area contributed by atoms with E-state index in [1.165, 1.54) is 0 Å². The van der Waals surface area contributed by atoms with Crippen molar-refractivity contribution in [2.24, 2.45) is 11.8 Å². The smallest absolute Gasteiger partial charge is 0.304 e. The molecule has 3 fully saturated rings. The number of carboxylic acid groups (broad SMARTS) is 1. The van der Waals surface area contributed by atoms with Crippen LogP contribution in [-0.2, 0) is 9.53 Å². The van der Waals surface area contributed by atoms with Crippen molar-refractivity contribution in [2.45, 2.75) is 44.8 Å². The number of rotatable bonds is 6. The Labute approximate surface area is 152 Å². The largest absolute Gasteiger partial charge is 0.481 e. The Bertz CT molecular complexity index is 730. The molecule has 1 spiro atoms. The molecule has 26 heavy (non-hydrogen) atoms. The maximum atomic E-state index is 12.5. The zero-order chi connectivity index (χ0) is 18.5. The maximum Gasteiger partial charge on any atom is 0.304 e. The van der Waals surface area contributed by atoms with Gasteiger partial charge in [-0.05, 0) is 32.8 Å². The summed E-state index contributed by atoms with van der Waals surface area (Å²) in [6, 6.07) is 1.77. The lowest BCUT2D eigenvalue weighted by molar-refractivity contribution is -0.137. The first-order valence-electron chi connectivity index (χ1n) is 9.35. The number of ether oxygens (including phenoxy) is 1. The highest BCUT2D eigenvalue weighted by molar-refractivity contribution is 5.95. The minimum absolute atomic E-state index is 0.100. The summed E-state index contributed by atoms with van der Waals surface area (Å²) >= 11 is 0. The normalized spacial score (nSPS) is 32.8. The molecule has 7 nitrogen and oxygen atoms in total. The fourth-order valence-corrected chi connectivity index (χ4v) is 5.15. The lowest BCUT2D eigenvalue weighted by atomic mass is 9.73. The zero-order valence-corrected chi connectivity index (χ0v) is 15.3. The zero-order valence-electron chi connectivity index (χ0n) is 15.3. The number of aryl methyl sites for hydroxylation is 2. The van der Waals surface area contributed by atoms with Crippen molar-refractivity contribution in [3.8, 4) is 0 Å². The van der Waals surface area contributed by atoms with E-state index in [2.05, 4.69) is 10.2 Å². The maximum absolute atomic E-state index is 12.5. The molecule has 0 unspecified atom stereocenters. The molecule has 0 saturated carbocycles. The number of aliphatic carboxylic acids is 1. The second-order valence-electron chi connectivity index (χ2n) is 7.95. The number of nitrogens with zero attached hydrogens (tertiary/aromatic N) is 1. The highest BCUT2D eigenvalue weighted by Crippen LogP contribution is 2.54. The molecule has 2 bridgehead atoms. The van der Waals surface area contributed by atoms with E-state index in [4.69, 9.17) is 14.3 Å². The van der Waals surface area contributed by atoms with Gasteiger partial charge in [0.2, 0.25) is 0 Å². The predicted octanol–water partition coefficient (Wildman–Crippen LogP) is 1.58. The first-order valence-corrected chi connectivity index (χ1v) is 9.35. The van der Waals surface area contributed by atoms with Crippen molar-refractivity contribution >= 4 is 11.9 Å². The van der Waals surface area contributed by atoms with Crippen LogP contribution in [0, 0.1) is 25.7 Å². The molecule has 0 aliphatic carbocycles. The van der Waals surface area contributed by atoms with Crippen LogP contribution in [0.3, 0.4) is 0 Å². The third-order valence-corrected chi connectivity index (χ3v) is 6.28. The quantitative estimate of drug-likeness (QED) is 0.798.